The Bertz CT molecular complexity index is 836. The van der Waals surface area contributed by atoms with Crippen molar-refractivity contribution in [2.45, 2.75) is 0 Å². The van der Waals surface area contributed by atoms with E-state index in [-0.39, 0.29) is 24.8 Å². The number of nitrogens with zero attached hydrogens (tertiary/aromatic N) is 2. The molecule has 2 heterocycles. The number of halogens is 1. The predicted octanol–water partition coefficient (Wildman–Crippen LogP) is 3.25. The number of thiophene rings is 1. The monoisotopic (exact) mass is 359 g/mol. The molecular formula is C17H14ClN3O2S. The topological polar surface area (TPSA) is 75.1 Å². The average molecular weight is 360 g/mol. The molecule has 1 amide bonds. The van der Waals surface area contributed by atoms with Crippen molar-refractivity contribution in [3.05, 3.63) is 58.6 Å². The molecule has 0 saturated carbocycles. The maximum atomic E-state index is 12.2. The standard InChI is InChI=1S/C17H14ClN3O2S/c18-12-5-3-11(4-6-12)13-10-14(17(23)19-7-8-22)21-16(20-13)15-2-1-9-24-15/h1-6,9-10,22H,7-8H2,(H,19,23). The number of aromatic nitrogens is 2. The number of benzene rings is 1. The lowest BCUT2D eigenvalue weighted by molar-refractivity contribution is 0.0940. The highest BCUT2D eigenvalue weighted by molar-refractivity contribution is 7.13. The average Bonchev–Trinajstić information content (AvgIpc) is 3.14. The summed E-state index contributed by atoms with van der Waals surface area (Å²) >= 11 is 7.43. The molecule has 0 radical (unpaired) electrons. The molecule has 24 heavy (non-hydrogen) atoms. The molecule has 3 rings (SSSR count). The highest BCUT2D eigenvalue weighted by Gasteiger charge is 2.14. The van der Waals surface area contributed by atoms with Gasteiger partial charge in [0.05, 0.1) is 17.2 Å². The Morgan fingerprint density at radius 2 is 2.00 bits per heavy atom. The summed E-state index contributed by atoms with van der Waals surface area (Å²) < 4.78 is 0. The van der Waals surface area contributed by atoms with Gasteiger partial charge in [0, 0.05) is 17.1 Å². The Kier molecular flexibility index (Phi) is 5.20. The van der Waals surface area contributed by atoms with Gasteiger partial charge in [0.15, 0.2) is 5.82 Å². The fourth-order valence-electron chi connectivity index (χ4n) is 2.11. The van der Waals surface area contributed by atoms with E-state index in [0.717, 1.165) is 10.4 Å². The maximum Gasteiger partial charge on any atom is 0.270 e. The second-order valence-corrected chi connectivity index (χ2v) is 6.31. The van der Waals surface area contributed by atoms with Gasteiger partial charge < -0.3 is 10.4 Å². The molecule has 122 valence electrons. The van der Waals surface area contributed by atoms with Gasteiger partial charge in [-0.3, -0.25) is 4.79 Å². The molecule has 7 heteroatoms. The number of hydrogen-bond acceptors (Lipinski definition) is 5. The zero-order valence-electron chi connectivity index (χ0n) is 12.6. The minimum atomic E-state index is -0.348. The minimum absolute atomic E-state index is 0.126. The summed E-state index contributed by atoms with van der Waals surface area (Å²) in [5.74, 6) is 0.145. The molecule has 2 aromatic heterocycles. The van der Waals surface area contributed by atoms with Crippen molar-refractivity contribution in [2.75, 3.05) is 13.2 Å². The quantitative estimate of drug-likeness (QED) is 0.733. The summed E-state index contributed by atoms with van der Waals surface area (Å²) in [6.45, 7) is 0.0477. The van der Waals surface area contributed by atoms with Crippen LogP contribution in [0.3, 0.4) is 0 Å². The number of rotatable bonds is 5. The van der Waals surface area contributed by atoms with Crippen molar-refractivity contribution in [1.29, 1.82) is 0 Å². The van der Waals surface area contributed by atoms with E-state index in [2.05, 4.69) is 15.3 Å². The number of amides is 1. The first-order chi connectivity index (χ1) is 11.7. The van der Waals surface area contributed by atoms with Crippen molar-refractivity contribution < 1.29 is 9.90 Å². The molecule has 0 spiro atoms. The first-order valence-corrected chi connectivity index (χ1v) is 8.51. The molecule has 0 fully saturated rings. The Labute approximate surface area is 148 Å². The summed E-state index contributed by atoms with van der Waals surface area (Å²) in [4.78, 5) is 22.0. The van der Waals surface area contributed by atoms with E-state index in [9.17, 15) is 4.79 Å². The molecule has 3 aromatic rings. The second kappa shape index (κ2) is 7.53. The predicted molar refractivity (Wildman–Crippen MR) is 95.2 cm³/mol. The van der Waals surface area contributed by atoms with Crippen molar-refractivity contribution in [2.24, 2.45) is 0 Å². The van der Waals surface area contributed by atoms with E-state index in [0.29, 0.717) is 16.5 Å². The summed E-state index contributed by atoms with van der Waals surface area (Å²) in [5.41, 5.74) is 1.74. The van der Waals surface area contributed by atoms with Crippen LogP contribution in [-0.2, 0) is 0 Å². The van der Waals surface area contributed by atoms with Gasteiger partial charge in [-0.25, -0.2) is 9.97 Å². The Morgan fingerprint density at radius 1 is 1.21 bits per heavy atom. The van der Waals surface area contributed by atoms with Crippen molar-refractivity contribution in [1.82, 2.24) is 15.3 Å². The zero-order chi connectivity index (χ0) is 16.9. The molecule has 0 aliphatic heterocycles. The second-order valence-electron chi connectivity index (χ2n) is 4.93. The SMILES string of the molecule is O=C(NCCO)c1cc(-c2ccc(Cl)cc2)nc(-c2cccs2)n1. The summed E-state index contributed by atoms with van der Waals surface area (Å²) in [7, 11) is 0. The first-order valence-electron chi connectivity index (χ1n) is 7.25. The number of carbonyl (C=O) groups excluding carboxylic acids is 1. The number of aliphatic hydroxyl groups excluding tert-OH is 1. The van der Waals surface area contributed by atoms with Crippen LogP contribution in [0.15, 0.2) is 47.8 Å². The van der Waals surface area contributed by atoms with Gasteiger partial charge in [0.25, 0.3) is 5.91 Å². The van der Waals surface area contributed by atoms with Crippen LogP contribution >= 0.6 is 22.9 Å². The van der Waals surface area contributed by atoms with Gasteiger partial charge >= 0.3 is 0 Å². The van der Waals surface area contributed by atoms with Crippen LogP contribution in [0.1, 0.15) is 10.5 Å². The van der Waals surface area contributed by atoms with Crippen LogP contribution in [-0.4, -0.2) is 34.1 Å². The van der Waals surface area contributed by atoms with Gasteiger partial charge in [0.2, 0.25) is 0 Å². The minimum Gasteiger partial charge on any atom is -0.395 e. The first kappa shape index (κ1) is 16.6. The van der Waals surface area contributed by atoms with Gasteiger partial charge in [-0.2, -0.15) is 0 Å². The third kappa shape index (κ3) is 3.79. The molecule has 1 aromatic carbocycles. The molecule has 0 saturated heterocycles. The smallest absolute Gasteiger partial charge is 0.270 e. The van der Waals surface area contributed by atoms with Crippen LogP contribution in [0.4, 0.5) is 0 Å². The lowest BCUT2D eigenvalue weighted by Crippen LogP contribution is -2.27. The third-order valence-electron chi connectivity index (χ3n) is 3.24. The van der Waals surface area contributed by atoms with Gasteiger partial charge in [-0.05, 0) is 29.6 Å². The molecule has 0 bridgehead atoms. The zero-order valence-corrected chi connectivity index (χ0v) is 14.1. The maximum absolute atomic E-state index is 12.2. The van der Waals surface area contributed by atoms with Gasteiger partial charge in [-0.15, -0.1) is 11.3 Å². The number of hydrogen-bond donors (Lipinski definition) is 2. The van der Waals surface area contributed by atoms with Crippen LogP contribution in [0.25, 0.3) is 22.0 Å². The normalized spacial score (nSPS) is 10.6. The fraction of sp³-hybridized carbons (Fsp3) is 0.118. The van der Waals surface area contributed by atoms with Crippen molar-refractivity contribution in [3.63, 3.8) is 0 Å². The van der Waals surface area contributed by atoms with E-state index in [1.807, 2.05) is 29.6 Å². The lowest BCUT2D eigenvalue weighted by Gasteiger charge is -2.08. The van der Waals surface area contributed by atoms with E-state index in [4.69, 9.17) is 16.7 Å². The van der Waals surface area contributed by atoms with Crippen molar-refractivity contribution >= 4 is 28.8 Å². The summed E-state index contributed by atoms with van der Waals surface area (Å²) in [6, 6.07) is 12.7. The van der Waals surface area contributed by atoms with Crippen LogP contribution in [0.5, 0.6) is 0 Å². The summed E-state index contributed by atoms with van der Waals surface area (Å²) in [5, 5.41) is 14.0. The van der Waals surface area contributed by atoms with E-state index < -0.39 is 0 Å². The molecule has 2 N–H and O–H groups in total. The number of aliphatic hydroxyl groups is 1. The Morgan fingerprint density at radius 3 is 2.67 bits per heavy atom. The van der Waals surface area contributed by atoms with E-state index in [1.54, 1.807) is 18.2 Å². The van der Waals surface area contributed by atoms with Crippen LogP contribution in [0.2, 0.25) is 5.02 Å². The highest BCUT2D eigenvalue weighted by Crippen LogP contribution is 2.26. The Balaban J connectivity index is 2.06. The van der Waals surface area contributed by atoms with Gasteiger partial charge in [-0.1, -0.05) is 29.8 Å². The largest absolute Gasteiger partial charge is 0.395 e. The lowest BCUT2D eigenvalue weighted by atomic mass is 10.1. The third-order valence-corrected chi connectivity index (χ3v) is 4.36. The molecule has 0 aliphatic rings. The molecule has 0 atom stereocenters. The van der Waals surface area contributed by atoms with E-state index >= 15 is 0 Å². The number of nitrogens with one attached hydrogen (secondary N) is 1. The van der Waals surface area contributed by atoms with Crippen LogP contribution in [0, 0.1) is 0 Å². The summed E-state index contributed by atoms with van der Waals surface area (Å²) in [6.07, 6.45) is 0. The number of carbonyl (C=O) groups is 1. The fourth-order valence-corrected chi connectivity index (χ4v) is 2.89. The van der Waals surface area contributed by atoms with E-state index in [1.165, 1.54) is 11.3 Å². The molecule has 0 aliphatic carbocycles. The highest BCUT2D eigenvalue weighted by atomic mass is 35.5. The molecular weight excluding hydrogens is 346 g/mol. The molecule has 0 unspecified atom stereocenters. The van der Waals surface area contributed by atoms with Crippen LogP contribution < -0.4 is 5.32 Å². The Hall–Kier alpha value is -2.28. The van der Waals surface area contributed by atoms with Gasteiger partial charge in [0.1, 0.15) is 5.69 Å². The van der Waals surface area contributed by atoms with Crippen molar-refractivity contribution in [3.8, 4) is 22.0 Å². The molecule has 5 nitrogen and oxygen atoms in total.